The minimum atomic E-state index is -1.28. The van der Waals surface area contributed by atoms with Gasteiger partial charge in [-0.3, -0.25) is 24.0 Å². The summed E-state index contributed by atoms with van der Waals surface area (Å²) in [7, 11) is 0. The molecule has 0 aliphatic carbocycles. The predicted octanol–water partition coefficient (Wildman–Crippen LogP) is -1.22. The molecule has 0 saturated heterocycles. The second-order valence-electron chi connectivity index (χ2n) is 8.16. The molecule has 0 aromatic heterocycles. The molecule has 35 heavy (non-hydrogen) atoms. The number of carbonyl (C=O) groups excluding carboxylic acids is 4. The lowest BCUT2D eigenvalue weighted by Crippen LogP contribution is -2.58. The number of carboxylic acid groups (broad SMARTS) is 2. The molecule has 0 spiro atoms. The highest BCUT2D eigenvalue weighted by Crippen LogP contribution is 2.10. The number of hydrogen-bond acceptors (Lipinski definition) is 8. The van der Waals surface area contributed by atoms with E-state index in [-0.39, 0.29) is 38.0 Å². The molecule has 13 nitrogen and oxygen atoms in total. The van der Waals surface area contributed by atoms with E-state index in [0.29, 0.717) is 12.2 Å². The van der Waals surface area contributed by atoms with Crippen LogP contribution in [0.25, 0.3) is 0 Å². The van der Waals surface area contributed by atoms with E-state index in [0.717, 1.165) is 0 Å². The van der Waals surface area contributed by atoms with Gasteiger partial charge in [-0.2, -0.15) is 11.8 Å². The van der Waals surface area contributed by atoms with Crippen molar-refractivity contribution in [3.05, 3.63) is 0 Å². The molecule has 200 valence electrons. The summed E-state index contributed by atoms with van der Waals surface area (Å²) < 4.78 is 0. The molecule has 5 unspecified atom stereocenters. The number of carbonyl (C=O) groups is 6. The Morgan fingerprint density at radius 1 is 0.857 bits per heavy atom. The number of amides is 4. The van der Waals surface area contributed by atoms with Crippen molar-refractivity contribution in [2.75, 3.05) is 12.0 Å². The third-order valence-corrected chi connectivity index (χ3v) is 5.98. The van der Waals surface area contributed by atoms with Gasteiger partial charge >= 0.3 is 11.9 Å². The van der Waals surface area contributed by atoms with Crippen molar-refractivity contribution in [3.8, 4) is 0 Å². The number of aliphatic carboxylic acids is 2. The Morgan fingerprint density at radius 2 is 1.40 bits per heavy atom. The lowest BCUT2D eigenvalue weighted by atomic mass is 9.98. The van der Waals surface area contributed by atoms with Gasteiger partial charge in [-0.05, 0) is 37.2 Å². The van der Waals surface area contributed by atoms with Gasteiger partial charge in [0.1, 0.15) is 18.1 Å². The summed E-state index contributed by atoms with van der Waals surface area (Å²) >= 11 is 1.41. The molecule has 0 aromatic carbocycles. The fraction of sp³-hybridized carbons (Fsp3) is 0.714. The summed E-state index contributed by atoms with van der Waals surface area (Å²) in [5.74, 6) is -5.24. The van der Waals surface area contributed by atoms with Crippen molar-refractivity contribution in [2.45, 2.75) is 76.5 Å². The third-order valence-electron chi connectivity index (χ3n) is 5.34. The summed E-state index contributed by atoms with van der Waals surface area (Å²) in [5.41, 5.74) is 10.8. The Morgan fingerprint density at radius 3 is 1.89 bits per heavy atom. The number of primary amides is 1. The number of carboxylic acids is 2. The first-order valence-electron chi connectivity index (χ1n) is 11.2. The van der Waals surface area contributed by atoms with Crippen LogP contribution in [0, 0.1) is 5.92 Å². The van der Waals surface area contributed by atoms with Crippen LogP contribution >= 0.6 is 11.8 Å². The first-order valence-corrected chi connectivity index (χ1v) is 12.6. The molecule has 0 saturated carbocycles. The van der Waals surface area contributed by atoms with E-state index in [2.05, 4.69) is 16.0 Å². The van der Waals surface area contributed by atoms with Crippen molar-refractivity contribution in [1.29, 1.82) is 0 Å². The molecule has 0 aromatic rings. The first kappa shape index (κ1) is 32.1. The molecule has 14 heteroatoms. The monoisotopic (exact) mass is 519 g/mol. The van der Waals surface area contributed by atoms with E-state index >= 15 is 0 Å². The van der Waals surface area contributed by atoms with E-state index in [1.54, 1.807) is 20.1 Å². The average Bonchev–Trinajstić information content (AvgIpc) is 2.79. The van der Waals surface area contributed by atoms with Crippen LogP contribution in [0.3, 0.4) is 0 Å². The lowest BCUT2D eigenvalue weighted by molar-refractivity contribution is -0.144. The quantitative estimate of drug-likeness (QED) is 0.114. The molecular formula is C21H37N5O8S. The smallest absolute Gasteiger partial charge is 0.326 e. The van der Waals surface area contributed by atoms with Crippen LogP contribution in [0.2, 0.25) is 0 Å². The summed E-state index contributed by atoms with van der Waals surface area (Å²) in [5, 5.41) is 25.6. The van der Waals surface area contributed by atoms with E-state index in [1.807, 2.05) is 0 Å². The topological polar surface area (TPSA) is 231 Å². The van der Waals surface area contributed by atoms with Crippen LogP contribution in [0.15, 0.2) is 0 Å². The minimum absolute atomic E-state index is 0.170. The lowest BCUT2D eigenvalue weighted by Gasteiger charge is -2.26. The van der Waals surface area contributed by atoms with Gasteiger partial charge in [0.2, 0.25) is 23.6 Å². The molecule has 0 bridgehead atoms. The van der Waals surface area contributed by atoms with E-state index in [1.165, 1.54) is 11.8 Å². The standard InChI is InChI=1S/C21H37N5O8S/c1-4-11(2)17(21(33)34)26-20(32)14(9-10-35-3)25-19(31)13(6-7-15(23)27)24-18(30)12(22)5-8-16(28)29/h11-14,17H,4-10,22H2,1-3H3,(H2,23,27)(H,24,30)(H,25,31)(H,26,32)(H,28,29)(H,33,34). The van der Waals surface area contributed by atoms with E-state index < -0.39 is 59.7 Å². The SMILES string of the molecule is CCC(C)C(NC(=O)C(CCSC)NC(=O)C(CCC(N)=O)NC(=O)C(N)CCC(=O)O)C(=O)O. The molecule has 9 N–H and O–H groups in total. The van der Waals surface area contributed by atoms with Crippen molar-refractivity contribution < 1.29 is 39.0 Å². The maximum absolute atomic E-state index is 13.0. The Labute approximate surface area is 208 Å². The van der Waals surface area contributed by atoms with Crippen LogP contribution in [-0.2, 0) is 28.8 Å². The minimum Gasteiger partial charge on any atom is -0.481 e. The molecule has 0 rings (SSSR count). The molecule has 0 radical (unpaired) electrons. The largest absolute Gasteiger partial charge is 0.481 e. The molecular weight excluding hydrogens is 482 g/mol. The highest BCUT2D eigenvalue weighted by atomic mass is 32.2. The molecule has 0 heterocycles. The zero-order valence-corrected chi connectivity index (χ0v) is 21.1. The normalized spacial score (nSPS) is 15.1. The highest BCUT2D eigenvalue weighted by molar-refractivity contribution is 7.98. The van der Waals surface area contributed by atoms with Gasteiger partial charge in [-0.1, -0.05) is 20.3 Å². The third kappa shape index (κ3) is 13.0. The van der Waals surface area contributed by atoms with Crippen LogP contribution < -0.4 is 27.4 Å². The molecule has 0 fully saturated rings. The van der Waals surface area contributed by atoms with E-state index in [9.17, 15) is 33.9 Å². The molecule has 0 aliphatic rings. The Hall–Kier alpha value is -2.87. The first-order chi connectivity index (χ1) is 16.3. The second-order valence-corrected chi connectivity index (χ2v) is 9.14. The van der Waals surface area contributed by atoms with Gasteiger partial charge in [0.15, 0.2) is 0 Å². The number of nitrogens with two attached hydrogens (primary N) is 2. The molecule has 5 atom stereocenters. The number of nitrogens with one attached hydrogen (secondary N) is 3. The number of rotatable bonds is 18. The second kappa shape index (κ2) is 16.7. The summed E-state index contributed by atoms with van der Waals surface area (Å²) in [6.07, 6.45) is 1.52. The molecule has 4 amide bonds. The zero-order chi connectivity index (χ0) is 27.1. The number of hydrogen-bond donors (Lipinski definition) is 7. The predicted molar refractivity (Wildman–Crippen MR) is 129 cm³/mol. The summed E-state index contributed by atoms with van der Waals surface area (Å²) in [6.45, 7) is 3.46. The zero-order valence-electron chi connectivity index (χ0n) is 20.2. The van der Waals surface area contributed by atoms with Crippen LogP contribution in [-0.4, -0.2) is 82.0 Å². The Balaban J connectivity index is 5.55. The maximum Gasteiger partial charge on any atom is 0.326 e. The average molecular weight is 520 g/mol. The van der Waals surface area contributed by atoms with Crippen LogP contribution in [0.4, 0.5) is 0 Å². The molecule has 0 aliphatic heterocycles. The Kier molecular flexibility index (Phi) is 15.3. The van der Waals surface area contributed by atoms with Crippen molar-refractivity contribution in [3.63, 3.8) is 0 Å². The van der Waals surface area contributed by atoms with Crippen LogP contribution in [0.1, 0.15) is 52.4 Å². The van der Waals surface area contributed by atoms with Gasteiger partial charge in [-0.15, -0.1) is 0 Å². The van der Waals surface area contributed by atoms with Crippen molar-refractivity contribution in [2.24, 2.45) is 17.4 Å². The Bertz CT molecular complexity index is 766. The van der Waals surface area contributed by atoms with E-state index in [4.69, 9.17) is 16.6 Å². The van der Waals surface area contributed by atoms with Crippen molar-refractivity contribution in [1.82, 2.24) is 16.0 Å². The van der Waals surface area contributed by atoms with Gasteiger partial charge < -0.3 is 37.6 Å². The maximum atomic E-state index is 13.0. The highest BCUT2D eigenvalue weighted by Gasteiger charge is 2.31. The fourth-order valence-electron chi connectivity index (χ4n) is 2.96. The summed E-state index contributed by atoms with van der Waals surface area (Å²) in [6, 6.07) is -4.74. The van der Waals surface area contributed by atoms with Crippen LogP contribution in [0.5, 0.6) is 0 Å². The van der Waals surface area contributed by atoms with Gasteiger partial charge in [0, 0.05) is 12.8 Å². The van der Waals surface area contributed by atoms with Gasteiger partial charge in [0.25, 0.3) is 0 Å². The number of thioether (sulfide) groups is 1. The fourth-order valence-corrected chi connectivity index (χ4v) is 3.43. The van der Waals surface area contributed by atoms with Crippen molar-refractivity contribution >= 4 is 47.3 Å². The summed E-state index contributed by atoms with van der Waals surface area (Å²) in [4.78, 5) is 71.7. The van der Waals surface area contributed by atoms with Gasteiger partial charge in [0.05, 0.1) is 6.04 Å². The van der Waals surface area contributed by atoms with Gasteiger partial charge in [-0.25, -0.2) is 4.79 Å².